The van der Waals surface area contributed by atoms with Crippen LogP contribution in [-0.2, 0) is 14.3 Å². The molecule has 0 aromatic heterocycles. The molecule has 2 unspecified atom stereocenters. The second kappa shape index (κ2) is 8.89. The lowest BCUT2D eigenvalue weighted by molar-refractivity contribution is -0.139. The molecule has 2 aromatic rings. The Bertz CT molecular complexity index is 1040. The van der Waals surface area contributed by atoms with E-state index in [4.69, 9.17) is 9.84 Å². The number of amides is 2. The molecule has 172 valence electrons. The molecule has 2 aromatic carbocycles. The number of carboxylic acids is 1. The van der Waals surface area contributed by atoms with E-state index in [1.165, 1.54) is 22.3 Å². The van der Waals surface area contributed by atoms with Gasteiger partial charge in [-0.15, -0.1) is 0 Å². The first-order valence-electron chi connectivity index (χ1n) is 11.6. The second-order valence-corrected chi connectivity index (χ2v) is 9.36. The Morgan fingerprint density at radius 1 is 0.939 bits per heavy atom. The maximum Gasteiger partial charge on any atom is 0.407 e. The molecule has 2 amide bonds. The molecule has 0 spiro atoms. The van der Waals surface area contributed by atoms with E-state index in [0.29, 0.717) is 25.8 Å². The number of benzene rings is 2. The minimum Gasteiger partial charge on any atom is -0.481 e. The number of carbonyl (C=O) groups excluding carboxylic acids is 2. The highest BCUT2D eigenvalue weighted by atomic mass is 16.5. The van der Waals surface area contributed by atoms with Crippen molar-refractivity contribution >= 4 is 18.0 Å². The Balaban J connectivity index is 1.09. The third kappa shape index (κ3) is 4.45. The van der Waals surface area contributed by atoms with Crippen LogP contribution in [0.2, 0.25) is 0 Å². The minimum atomic E-state index is -0.789. The summed E-state index contributed by atoms with van der Waals surface area (Å²) in [7, 11) is 0. The van der Waals surface area contributed by atoms with Crippen LogP contribution in [0.5, 0.6) is 0 Å². The third-order valence-corrected chi connectivity index (χ3v) is 7.25. The van der Waals surface area contributed by atoms with Gasteiger partial charge in [-0.2, -0.15) is 0 Å². The van der Waals surface area contributed by atoms with Crippen LogP contribution in [0.4, 0.5) is 4.79 Å². The zero-order valence-corrected chi connectivity index (χ0v) is 18.3. The fraction of sp³-hybridized carbons (Fsp3) is 0.423. The summed E-state index contributed by atoms with van der Waals surface area (Å²) < 4.78 is 5.61. The summed E-state index contributed by atoms with van der Waals surface area (Å²) >= 11 is 0. The molecule has 0 aliphatic heterocycles. The van der Waals surface area contributed by atoms with Gasteiger partial charge in [-0.3, -0.25) is 9.59 Å². The van der Waals surface area contributed by atoms with Gasteiger partial charge in [0.1, 0.15) is 6.61 Å². The highest BCUT2D eigenvalue weighted by molar-refractivity contribution is 5.80. The lowest BCUT2D eigenvalue weighted by Gasteiger charge is -2.17. The van der Waals surface area contributed by atoms with Crippen molar-refractivity contribution in [3.8, 4) is 11.1 Å². The summed E-state index contributed by atoms with van der Waals surface area (Å²) in [6.07, 6.45) is 2.18. The average Bonchev–Trinajstić information content (AvgIpc) is 3.35. The Morgan fingerprint density at radius 2 is 1.61 bits per heavy atom. The molecule has 7 nitrogen and oxygen atoms in total. The monoisotopic (exact) mass is 448 g/mol. The van der Waals surface area contributed by atoms with E-state index in [1.54, 1.807) is 0 Å². The molecule has 5 rings (SSSR count). The molecule has 33 heavy (non-hydrogen) atoms. The first-order chi connectivity index (χ1) is 16.0. The highest BCUT2D eigenvalue weighted by Gasteiger charge is 2.43. The second-order valence-electron chi connectivity index (χ2n) is 9.36. The van der Waals surface area contributed by atoms with Crippen LogP contribution in [0, 0.1) is 17.8 Å². The van der Waals surface area contributed by atoms with Crippen LogP contribution in [0.25, 0.3) is 11.1 Å². The van der Waals surface area contributed by atoms with Gasteiger partial charge in [0.25, 0.3) is 0 Å². The van der Waals surface area contributed by atoms with Crippen LogP contribution >= 0.6 is 0 Å². The van der Waals surface area contributed by atoms with Gasteiger partial charge >= 0.3 is 12.1 Å². The molecule has 0 bridgehead atoms. The van der Waals surface area contributed by atoms with Crippen molar-refractivity contribution in [1.82, 2.24) is 10.6 Å². The summed E-state index contributed by atoms with van der Waals surface area (Å²) in [5.74, 6) is -1.27. The Hall–Kier alpha value is -3.35. The van der Waals surface area contributed by atoms with Gasteiger partial charge in [-0.25, -0.2) is 4.79 Å². The van der Waals surface area contributed by atoms with E-state index in [9.17, 15) is 14.4 Å². The van der Waals surface area contributed by atoms with Crippen molar-refractivity contribution < 1.29 is 24.2 Å². The van der Waals surface area contributed by atoms with E-state index in [-0.39, 0.29) is 42.2 Å². The molecule has 0 heterocycles. The Kier molecular flexibility index (Phi) is 5.79. The largest absolute Gasteiger partial charge is 0.481 e. The predicted octanol–water partition coefficient (Wildman–Crippen LogP) is 3.53. The smallest absolute Gasteiger partial charge is 0.407 e. The lowest BCUT2D eigenvalue weighted by atomic mass is 9.98. The van der Waals surface area contributed by atoms with Gasteiger partial charge < -0.3 is 20.5 Å². The van der Waals surface area contributed by atoms with Crippen LogP contribution < -0.4 is 10.6 Å². The summed E-state index contributed by atoms with van der Waals surface area (Å²) in [6, 6.07) is 16.3. The number of ether oxygens (including phenoxy) is 1. The van der Waals surface area contributed by atoms with Crippen LogP contribution in [-0.4, -0.2) is 42.3 Å². The molecule has 0 radical (unpaired) electrons. The quantitative estimate of drug-likeness (QED) is 0.601. The van der Waals surface area contributed by atoms with Crippen molar-refractivity contribution in [2.75, 3.05) is 13.2 Å². The predicted molar refractivity (Wildman–Crippen MR) is 122 cm³/mol. The number of carbonyl (C=O) groups is 3. The summed E-state index contributed by atoms with van der Waals surface area (Å²) in [5.41, 5.74) is 4.72. The van der Waals surface area contributed by atoms with Crippen molar-refractivity contribution in [2.45, 2.75) is 37.6 Å². The molecule has 4 atom stereocenters. The number of carboxylic acid groups (broad SMARTS) is 1. The van der Waals surface area contributed by atoms with Crippen molar-refractivity contribution in [3.63, 3.8) is 0 Å². The number of fused-ring (bicyclic) bond motifs is 3. The molecule has 2 saturated carbocycles. The number of nitrogens with one attached hydrogen (secondary N) is 2. The van der Waals surface area contributed by atoms with E-state index in [2.05, 4.69) is 34.9 Å². The van der Waals surface area contributed by atoms with Gasteiger partial charge in [0.05, 0.1) is 5.92 Å². The van der Waals surface area contributed by atoms with E-state index in [0.717, 1.165) is 6.42 Å². The molecular weight excluding hydrogens is 420 g/mol. The normalized spacial score (nSPS) is 25.1. The van der Waals surface area contributed by atoms with Gasteiger partial charge in [0, 0.05) is 24.4 Å². The first kappa shape index (κ1) is 21.5. The molecule has 3 aliphatic rings. The van der Waals surface area contributed by atoms with Crippen molar-refractivity contribution in [2.24, 2.45) is 17.8 Å². The van der Waals surface area contributed by atoms with Crippen LogP contribution in [0.15, 0.2) is 48.5 Å². The SMILES string of the molecule is O=C(N[C@@H]1CC[C@H](C(=O)NCC2CC2C(=O)O)C1)OCC1c2ccccc2-c2ccccc21. The number of aliphatic carboxylic acids is 1. The molecular formula is C26H28N2O5. The van der Waals surface area contributed by atoms with E-state index < -0.39 is 12.1 Å². The van der Waals surface area contributed by atoms with Crippen molar-refractivity contribution in [1.29, 1.82) is 0 Å². The maximum atomic E-state index is 12.5. The van der Waals surface area contributed by atoms with Gasteiger partial charge in [-0.05, 0) is 53.9 Å². The number of hydrogen-bond acceptors (Lipinski definition) is 4. The van der Waals surface area contributed by atoms with E-state index in [1.807, 2.05) is 24.3 Å². The van der Waals surface area contributed by atoms with E-state index >= 15 is 0 Å². The summed E-state index contributed by atoms with van der Waals surface area (Å²) in [4.78, 5) is 35.8. The maximum absolute atomic E-state index is 12.5. The first-order valence-corrected chi connectivity index (χ1v) is 11.6. The van der Waals surface area contributed by atoms with Gasteiger partial charge in [-0.1, -0.05) is 48.5 Å². The number of rotatable bonds is 7. The van der Waals surface area contributed by atoms with Crippen LogP contribution in [0.1, 0.15) is 42.7 Å². The fourth-order valence-corrected chi connectivity index (χ4v) is 5.31. The Labute approximate surface area is 192 Å². The topological polar surface area (TPSA) is 105 Å². The molecule has 7 heteroatoms. The Morgan fingerprint density at radius 3 is 2.24 bits per heavy atom. The van der Waals surface area contributed by atoms with Gasteiger partial charge in [0.2, 0.25) is 5.91 Å². The van der Waals surface area contributed by atoms with Gasteiger partial charge in [0.15, 0.2) is 0 Å². The molecule has 3 N–H and O–H groups in total. The number of hydrogen-bond donors (Lipinski definition) is 3. The minimum absolute atomic E-state index is 0.0160. The zero-order valence-electron chi connectivity index (χ0n) is 18.3. The molecule has 2 fully saturated rings. The molecule has 0 saturated heterocycles. The zero-order chi connectivity index (χ0) is 22.9. The fourth-order valence-electron chi connectivity index (χ4n) is 5.31. The molecule has 3 aliphatic carbocycles. The third-order valence-electron chi connectivity index (χ3n) is 7.25. The summed E-state index contributed by atoms with van der Waals surface area (Å²) in [5, 5.41) is 14.8. The number of alkyl carbamates (subject to hydrolysis) is 1. The lowest BCUT2D eigenvalue weighted by Crippen LogP contribution is -2.36. The summed E-state index contributed by atoms with van der Waals surface area (Å²) in [6.45, 7) is 0.680. The standard InChI is InChI=1S/C26H28N2O5/c29-24(27-13-16-12-22(16)25(30)31)15-9-10-17(11-15)28-26(32)33-14-23-20-7-3-1-5-18(20)19-6-2-4-8-21(19)23/h1-8,15-17,22-23H,9-14H2,(H,27,29)(H,28,32)(H,30,31)/t15-,16?,17+,22?/m0/s1. The average molecular weight is 449 g/mol. The van der Waals surface area contributed by atoms with Crippen LogP contribution in [0.3, 0.4) is 0 Å². The highest BCUT2D eigenvalue weighted by Crippen LogP contribution is 2.44. The van der Waals surface area contributed by atoms with Crippen molar-refractivity contribution in [3.05, 3.63) is 59.7 Å².